The Morgan fingerprint density at radius 2 is 1.94 bits per heavy atom. The van der Waals surface area contributed by atoms with Gasteiger partial charge in [0.25, 0.3) is 0 Å². The van der Waals surface area contributed by atoms with E-state index in [0.717, 1.165) is 12.8 Å². The number of hydrogen-bond donors (Lipinski definition) is 4. The van der Waals surface area contributed by atoms with Crippen LogP contribution >= 0.6 is 11.6 Å². The number of alkyl halides is 3. The third kappa shape index (κ3) is 9.44. The fourth-order valence-electron chi connectivity index (χ4n) is 4.35. The number of carbonyl (C=O) groups is 3. The van der Waals surface area contributed by atoms with Gasteiger partial charge in [0.2, 0.25) is 11.9 Å². The lowest BCUT2D eigenvalue weighted by Gasteiger charge is -2.16. The van der Waals surface area contributed by atoms with Gasteiger partial charge in [0.05, 0.1) is 24.5 Å². The van der Waals surface area contributed by atoms with Gasteiger partial charge < -0.3 is 20.1 Å². The molecule has 3 heterocycles. The summed E-state index contributed by atoms with van der Waals surface area (Å²) in [5.74, 6) is -3.54. The van der Waals surface area contributed by atoms with E-state index in [4.69, 9.17) is 21.5 Å². The number of anilines is 1. The summed E-state index contributed by atoms with van der Waals surface area (Å²) in [7, 11) is 1.26. The molecule has 1 atom stereocenters. The van der Waals surface area contributed by atoms with Crippen LogP contribution in [0.3, 0.4) is 0 Å². The smallest absolute Gasteiger partial charge is 0.475 e. The molecule has 0 saturated heterocycles. The van der Waals surface area contributed by atoms with Gasteiger partial charge in [-0.3, -0.25) is 15.1 Å². The molecule has 0 aliphatic carbocycles. The average Bonchev–Trinajstić information content (AvgIpc) is 3.71. The molecule has 0 spiro atoms. The summed E-state index contributed by atoms with van der Waals surface area (Å²) in [5.41, 5.74) is 2.62. The number of halogens is 5. The number of aliphatic imine (C=N–C) groups is 1. The number of methoxy groups -OCH3 is 1. The number of aromatic nitrogens is 6. The van der Waals surface area contributed by atoms with Crippen LogP contribution in [-0.2, 0) is 14.3 Å². The van der Waals surface area contributed by atoms with Crippen molar-refractivity contribution in [3.05, 3.63) is 71.2 Å². The van der Waals surface area contributed by atoms with Crippen molar-refractivity contribution in [3.63, 3.8) is 0 Å². The van der Waals surface area contributed by atoms with Crippen molar-refractivity contribution in [2.24, 2.45) is 4.99 Å². The number of carboxylic acids is 1. The number of ether oxygens (including phenoxy) is 1. The van der Waals surface area contributed by atoms with Gasteiger partial charge in [-0.15, -0.1) is 5.10 Å². The maximum absolute atomic E-state index is 15.2. The van der Waals surface area contributed by atoms with Gasteiger partial charge in [-0.05, 0) is 72.2 Å². The molecule has 5 rings (SSSR count). The number of aromatic amines is 1. The van der Waals surface area contributed by atoms with Crippen LogP contribution in [0.25, 0.3) is 23.0 Å². The lowest BCUT2D eigenvalue weighted by Crippen LogP contribution is -2.27. The van der Waals surface area contributed by atoms with E-state index in [0.29, 0.717) is 46.1 Å². The quantitative estimate of drug-likeness (QED) is 0.148. The number of H-pyrrole nitrogens is 1. The van der Waals surface area contributed by atoms with Gasteiger partial charge in [-0.2, -0.15) is 22.2 Å². The van der Waals surface area contributed by atoms with Crippen LogP contribution in [0.5, 0.6) is 0 Å². The number of nitrogens with zero attached hydrogens (tertiary/aromatic N) is 6. The summed E-state index contributed by atoms with van der Waals surface area (Å²) in [6, 6.07) is 9.40. The Morgan fingerprint density at radius 1 is 1.17 bits per heavy atom. The largest absolute Gasteiger partial charge is 0.490 e. The van der Waals surface area contributed by atoms with E-state index in [1.807, 2.05) is 0 Å². The Morgan fingerprint density at radius 3 is 2.62 bits per heavy atom. The normalized spacial score (nSPS) is 14.5. The molecule has 19 heteroatoms. The molecule has 1 aliphatic rings. The fraction of sp³-hybridized carbons (Fsp3) is 0.241. The maximum Gasteiger partial charge on any atom is 0.490 e. The minimum Gasteiger partial charge on any atom is -0.475 e. The van der Waals surface area contributed by atoms with E-state index < -0.39 is 36.1 Å². The molecule has 48 heavy (non-hydrogen) atoms. The number of benzene rings is 2. The van der Waals surface area contributed by atoms with E-state index in [9.17, 15) is 22.8 Å². The van der Waals surface area contributed by atoms with Crippen molar-refractivity contribution in [3.8, 4) is 16.9 Å². The molecule has 2 aromatic carbocycles. The second kappa shape index (κ2) is 15.8. The molecule has 0 radical (unpaired) electrons. The molecule has 2 bridgehead atoms. The number of carboxylic acid groups (broad SMARTS) is 1. The van der Waals surface area contributed by atoms with Crippen molar-refractivity contribution < 1.29 is 41.8 Å². The molecule has 14 nitrogen and oxygen atoms in total. The van der Waals surface area contributed by atoms with Crippen molar-refractivity contribution in [1.82, 2.24) is 35.5 Å². The van der Waals surface area contributed by atoms with Gasteiger partial charge >= 0.3 is 18.2 Å². The van der Waals surface area contributed by atoms with Gasteiger partial charge in [0.1, 0.15) is 17.8 Å². The zero-order chi connectivity index (χ0) is 34.8. The number of hydrogen-bond acceptors (Lipinski definition) is 9. The van der Waals surface area contributed by atoms with Crippen LogP contribution in [-0.4, -0.2) is 72.8 Å². The molecule has 252 valence electrons. The third-order valence-electron chi connectivity index (χ3n) is 6.56. The highest BCUT2D eigenvalue weighted by atomic mass is 35.5. The number of nitrogens with one attached hydrogen (secondary N) is 3. The molecule has 4 N–H and O–H groups in total. The van der Waals surface area contributed by atoms with Gasteiger partial charge in [0, 0.05) is 34.1 Å². The number of fused-ring (bicyclic) bond motifs is 4. The number of carbonyl (C=O) groups excluding carboxylic acids is 2. The molecule has 2 aromatic heterocycles. The predicted molar refractivity (Wildman–Crippen MR) is 164 cm³/mol. The topological polar surface area (TPSA) is 189 Å². The molecule has 0 saturated carbocycles. The molecule has 2 amide bonds. The number of imidazole rings is 1. The van der Waals surface area contributed by atoms with Crippen LogP contribution in [0.1, 0.15) is 43.1 Å². The Labute approximate surface area is 273 Å². The maximum atomic E-state index is 15.2. The summed E-state index contributed by atoms with van der Waals surface area (Å²) in [5, 5.41) is 24.3. The number of amides is 2. The van der Waals surface area contributed by atoms with Crippen molar-refractivity contribution in [2.75, 3.05) is 12.4 Å². The zero-order valence-corrected chi connectivity index (χ0v) is 25.6. The lowest BCUT2D eigenvalue weighted by molar-refractivity contribution is -0.192. The third-order valence-corrected chi connectivity index (χ3v) is 6.79. The SMILES string of the molecule is COC(=O)Nc1ccc2c(c1)N=CCCCC[C@H](NC(=O)/C=C/c1cc(Cl)ccc1-n1cnnn1)c1nc-2c(F)[nH]1.O=C(O)C(F)(F)F. The highest BCUT2D eigenvalue weighted by molar-refractivity contribution is 6.30. The van der Waals surface area contributed by atoms with Gasteiger partial charge in [-0.1, -0.05) is 18.0 Å². The first-order valence-corrected chi connectivity index (χ1v) is 14.3. The molecular formula is C29H26ClF4N9O5. The Kier molecular flexibility index (Phi) is 11.6. The molecule has 4 aromatic rings. The van der Waals surface area contributed by atoms with E-state index >= 15 is 4.39 Å². The molecular weight excluding hydrogens is 666 g/mol. The van der Waals surface area contributed by atoms with Crippen LogP contribution in [0.15, 0.2) is 53.8 Å². The molecule has 0 fully saturated rings. The summed E-state index contributed by atoms with van der Waals surface area (Å²) >= 11 is 6.17. The highest BCUT2D eigenvalue weighted by Crippen LogP contribution is 2.35. The summed E-state index contributed by atoms with van der Waals surface area (Å²) in [6.07, 6.45) is 3.16. The van der Waals surface area contributed by atoms with Crippen molar-refractivity contribution in [1.29, 1.82) is 0 Å². The summed E-state index contributed by atoms with van der Waals surface area (Å²) < 4.78 is 53.0. The standard InChI is InChI=1S/C27H25ClFN9O3.C2HF3O2/c1-41-27(40)32-18-8-9-19-21(14-18)30-12-4-2-3-5-20(26-34-24(19)25(29)35-26)33-23(39)11-6-16-13-17(28)7-10-22(16)38-15-31-36-37-38;3-2(4,5)1(6)7/h6-15,20H,2-5H2,1H3,(H,32,40)(H,33,39)(H,34,35);(H,6,7)/b11-6+,30-12?;/t20-;/m0./s1. The Bertz CT molecular complexity index is 1830. The van der Waals surface area contributed by atoms with E-state index in [2.05, 4.69) is 45.9 Å². The summed E-state index contributed by atoms with van der Waals surface area (Å²) in [4.78, 5) is 45.3. The molecule has 0 unspecified atom stereocenters. The first-order valence-electron chi connectivity index (χ1n) is 13.9. The fourth-order valence-corrected chi connectivity index (χ4v) is 4.53. The number of rotatable bonds is 5. The monoisotopic (exact) mass is 691 g/mol. The second-order valence-electron chi connectivity index (χ2n) is 9.88. The van der Waals surface area contributed by atoms with Crippen LogP contribution in [0, 0.1) is 5.95 Å². The van der Waals surface area contributed by atoms with Crippen molar-refractivity contribution >= 4 is 53.2 Å². The van der Waals surface area contributed by atoms with Crippen LogP contribution in [0.4, 0.5) is 33.7 Å². The van der Waals surface area contributed by atoms with Gasteiger partial charge in [0.15, 0.2) is 0 Å². The number of aliphatic carboxylic acids is 1. The van der Waals surface area contributed by atoms with E-state index in [1.54, 1.807) is 48.7 Å². The lowest BCUT2D eigenvalue weighted by atomic mass is 10.1. The minimum absolute atomic E-state index is 0.0529. The van der Waals surface area contributed by atoms with Crippen LogP contribution < -0.4 is 10.6 Å². The Balaban J connectivity index is 0.000000671. The number of tetrazole rings is 1. The van der Waals surface area contributed by atoms with E-state index in [-0.39, 0.29) is 11.5 Å². The van der Waals surface area contributed by atoms with Gasteiger partial charge in [-0.25, -0.2) is 14.6 Å². The van der Waals surface area contributed by atoms with Crippen LogP contribution in [0.2, 0.25) is 5.02 Å². The van der Waals surface area contributed by atoms with E-state index in [1.165, 1.54) is 24.2 Å². The Hall–Kier alpha value is -5.65. The minimum atomic E-state index is -5.08. The predicted octanol–water partition coefficient (Wildman–Crippen LogP) is 5.80. The summed E-state index contributed by atoms with van der Waals surface area (Å²) in [6.45, 7) is 0. The zero-order valence-electron chi connectivity index (χ0n) is 24.8. The van der Waals surface area contributed by atoms with Crippen molar-refractivity contribution in [2.45, 2.75) is 37.9 Å². The molecule has 1 aliphatic heterocycles. The highest BCUT2D eigenvalue weighted by Gasteiger charge is 2.38. The second-order valence-corrected chi connectivity index (χ2v) is 10.3. The first-order chi connectivity index (χ1) is 22.8. The first kappa shape index (κ1) is 35.2. The average molecular weight is 692 g/mol.